The van der Waals surface area contributed by atoms with Gasteiger partial charge in [0.2, 0.25) is 0 Å². The highest BCUT2D eigenvalue weighted by Gasteiger charge is 2.46. The number of aryl methyl sites for hydroxylation is 1. The Labute approximate surface area is 135 Å². The third kappa shape index (κ3) is 1.79. The number of hydrogen-bond acceptors (Lipinski definition) is 5. The SMILES string of the molecule is Cc1ccc2[nH]c3c(=O)n4c(nc3c2c1)SC1CS(=O)(=O)CC14. The Hall–Kier alpha value is -1.80. The van der Waals surface area contributed by atoms with Crippen LogP contribution in [0.3, 0.4) is 0 Å². The van der Waals surface area contributed by atoms with Crippen LogP contribution in [-0.2, 0) is 9.84 Å². The van der Waals surface area contributed by atoms with Gasteiger partial charge in [0, 0.05) is 16.2 Å². The summed E-state index contributed by atoms with van der Waals surface area (Å²) in [6, 6.07) is 5.65. The highest BCUT2D eigenvalue weighted by atomic mass is 32.2. The van der Waals surface area contributed by atoms with Gasteiger partial charge in [0.1, 0.15) is 11.0 Å². The van der Waals surface area contributed by atoms with Gasteiger partial charge in [-0.25, -0.2) is 13.4 Å². The van der Waals surface area contributed by atoms with Crippen LogP contribution in [0.2, 0.25) is 0 Å². The lowest BCUT2D eigenvalue weighted by atomic mass is 10.1. The molecule has 2 aliphatic rings. The summed E-state index contributed by atoms with van der Waals surface area (Å²) in [5.74, 6) is 0.156. The summed E-state index contributed by atoms with van der Waals surface area (Å²) in [4.78, 5) is 20.7. The molecule has 2 aromatic heterocycles. The molecule has 0 spiro atoms. The summed E-state index contributed by atoms with van der Waals surface area (Å²) >= 11 is 1.41. The van der Waals surface area contributed by atoms with Crippen molar-refractivity contribution in [2.24, 2.45) is 0 Å². The number of fused-ring (bicyclic) bond motifs is 6. The van der Waals surface area contributed by atoms with Crippen LogP contribution in [0.5, 0.6) is 0 Å². The Bertz CT molecular complexity index is 1160. The summed E-state index contributed by atoms with van der Waals surface area (Å²) in [5.41, 5.74) is 2.95. The molecule has 118 valence electrons. The summed E-state index contributed by atoms with van der Waals surface area (Å²) in [6.07, 6.45) is 0. The largest absolute Gasteiger partial charge is 0.349 e. The minimum absolute atomic E-state index is 0.0318. The van der Waals surface area contributed by atoms with Crippen molar-refractivity contribution in [3.8, 4) is 0 Å². The number of aromatic amines is 1. The van der Waals surface area contributed by atoms with Crippen molar-refractivity contribution in [2.75, 3.05) is 11.5 Å². The minimum atomic E-state index is -3.07. The van der Waals surface area contributed by atoms with Gasteiger partial charge in [0.15, 0.2) is 15.0 Å². The fraction of sp³-hybridized carbons (Fsp3) is 0.333. The maximum atomic E-state index is 12.9. The maximum Gasteiger partial charge on any atom is 0.278 e. The molecule has 3 aromatic rings. The fourth-order valence-corrected chi connectivity index (χ4v) is 7.48. The zero-order valence-electron chi connectivity index (χ0n) is 12.2. The minimum Gasteiger partial charge on any atom is -0.349 e. The average Bonchev–Trinajstić information content (AvgIpc) is 3.07. The lowest BCUT2D eigenvalue weighted by Gasteiger charge is -2.09. The molecule has 5 rings (SSSR count). The maximum absolute atomic E-state index is 12.9. The molecule has 8 heteroatoms. The quantitative estimate of drug-likeness (QED) is 0.625. The van der Waals surface area contributed by atoms with E-state index < -0.39 is 9.84 Å². The van der Waals surface area contributed by atoms with Gasteiger partial charge < -0.3 is 4.98 Å². The molecule has 0 saturated carbocycles. The second kappa shape index (κ2) is 4.18. The first-order valence-corrected chi connectivity index (χ1v) is 10.0. The van der Waals surface area contributed by atoms with E-state index in [0.717, 1.165) is 16.5 Å². The predicted octanol–water partition coefficient (Wildman–Crippen LogP) is 1.63. The van der Waals surface area contributed by atoms with E-state index in [1.165, 1.54) is 11.8 Å². The number of sulfone groups is 1. The number of H-pyrrole nitrogens is 1. The van der Waals surface area contributed by atoms with E-state index in [2.05, 4.69) is 9.97 Å². The van der Waals surface area contributed by atoms with Gasteiger partial charge in [-0.15, -0.1) is 0 Å². The lowest BCUT2D eigenvalue weighted by molar-refractivity contribution is 0.524. The van der Waals surface area contributed by atoms with Crippen molar-refractivity contribution in [1.82, 2.24) is 14.5 Å². The highest BCUT2D eigenvalue weighted by molar-refractivity contribution is 8.02. The van der Waals surface area contributed by atoms with Gasteiger partial charge in [0.05, 0.1) is 17.5 Å². The zero-order chi connectivity index (χ0) is 15.9. The summed E-state index contributed by atoms with van der Waals surface area (Å²) in [6.45, 7) is 2.00. The Morgan fingerprint density at radius 3 is 3.00 bits per heavy atom. The third-order valence-corrected chi connectivity index (χ3v) is 7.84. The van der Waals surface area contributed by atoms with Crippen molar-refractivity contribution >= 4 is 43.5 Å². The first-order valence-electron chi connectivity index (χ1n) is 7.35. The van der Waals surface area contributed by atoms with Gasteiger partial charge in [-0.2, -0.15) is 0 Å². The highest BCUT2D eigenvalue weighted by Crippen LogP contribution is 2.44. The first-order chi connectivity index (χ1) is 10.9. The standard InChI is InChI=1S/C15H13N3O3S2/c1-7-2-3-9-8(4-7)12-13(16-9)14(19)18-10-5-23(20,21)6-11(10)22-15(18)17-12/h2-4,10-11,16H,5-6H2,1H3. The number of benzene rings is 1. The topological polar surface area (TPSA) is 84.8 Å². The van der Waals surface area contributed by atoms with Crippen molar-refractivity contribution < 1.29 is 8.42 Å². The van der Waals surface area contributed by atoms with Crippen LogP contribution in [0, 0.1) is 6.92 Å². The van der Waals surface area contributed by atoms with Gasteiger partial charge >= 0.3 is 0 Å². The van der Waals surface area contributed by atoms with Crippen LogP contribution in [0.25, 0.3) is 21.9 Å². The molecule has 6 nitrogen and oxygen atoms in total. The molecular formula is C15H13N3O3S2. The van der Waals surface area contributed by atoms with E-state index in [1.54, 1.807) is 4.57 Å². The van der Waals surface area contributed by atoms with Crippen molar-refractivity contribution in [2.45, 2.75) is 23.4 Å². The Morgan fingerprint density at radius 1 is 1.35 bits per heavy atom. The number of nitrogens with zero attached hydrogens (tertiary/aromatic N) is 2. The molecule has 1 aromatic carbocycles. The molecule has 0 amide bonds. The zero-order valence-corrected chi connectivity index (χ0v) is 13.9. The monoisotopic (exact) mass is 347 g/mol. The fourth-order valence-electron chi connectivity index (χ4n) is 3.58. The third-order valence-electron chi connectivity index (χ3n) is 4.63. The molecule has 2 aliphatic heterocycles. The number of aromatic nitrogens is 3. The molecule has 4 heterocycles. The van der Waals surface area contributed by atoms with E-state index in [1.807, 2.05) is 25.1 Å². The van der Waals surface area contributed by atoms with Gasteiger partial charge in [-0.3, -0.25) is 9.36 Å². The molecule has 1 N–H and O–H groups in total. The molecule has 23 heavy (non-hydrogen) atoms. The second-order valence-electron chi connectivity index (χ2n) is 6.27. The molecule has 2 atom stereocenters. The molecular weight excluding hydrogens is 334 g/mol. The van der Waals surface area contributed by atoms with Crippen molar-refractivity contribution in [3.05, 3.63) is 34.1 Å². The van der Waals surface area contributed by atoms with E-state index in [4.69, 9.17) is 0 Å². The van der Waals surface area contributed by atoms with Crippen LogP contribution in [0.1, 0.15) is 11.6 Å². The Balaban J connectivity index is 1.84. The Kier molecular flexibility index (Phi) is 2.48. The van der Waals surface area contributed by atoms with Crippen molar-refractivity contribution in [3.63, 3.8) is 0 Å². The van der Waals surface area contributed by atoms with Crippen molar-refractivity contribution in [1.29, 1.82) is 0 Å². The number of nitrogens with one attached hydrogen (secondary N) is 1. The Morgan fingerprint density at radius 2 is 2.17 bits per heavy atom. The van der Waals surface area contributed by atoms with E-state index in [-0.39, 0.29) is 28.4 Å². The van der Waals surface area contributed by atoms with E-state index in [9.17, 15) is 13.2 Å². The smallest absolute Gasteiger partial charge is 0.278 e. The molecule has 0 aliphatic carbocycles. The number of rotatable bonds is 0. The molecule has 1 fully saturated rings. The number of thioether (sulfide) groups is 1. The first kappa shape index (κ1) is 13.6. The van der Waals surface area contributed by atoms with Crippen LogP contribution < -0.4 is 5.56 Å². The van der Waals surface area contributed by atoms with E-state index >= 15 is 0 Å². The van der Waals surface area contributed by atoms with Crippen LogP contribution in [-0.4, -0.2) is 39.7 Å². The summed E-state index contributed by atoms with van der Waals surface area (Å²) in [7, 11) is -3.07. The molecule has 2 unspecified atom stereocenters. The van der Waals surface area contributed by atoms with Crippen LogP contribution in [0.4, 0.5) is 0 Å². The van der Waals surface area contributed by atoms with Crippen LogP contribution in [0.15, 0.2) is 28.2 Å². The molecule has 0 radical (unpaired) electrons. The van der Waals surface area contributed by atoms with E-state index in [0.29, 0.717) is 16.2 Å². The van der Waals surface area contributed by atoms with Gasteiger partial charge in [-0.1, -0.05) is 23.4 Å². The number of hydrogen-bond donors (Lipinski definition) is 1. The lowest BCUT2D eigenvalue weighted by Crippen LogP contribution is -2.27. The second-order valence-corrected chi connectivity index (χ2v) is 9.63. The normalized spacial score (nSPS) is 25.1. The van der Waals surface area contributed by atoms with Crippen LogP contribution >= 0.6 is 11.8 Å². The summed E-state index contributed by atoms with van der Waals surface area (Å²) < 4.78 is 25.3. The molecule has 0 bridgehead atoms. The summed E-state index contributed by atoms with van der Waals surface area (Å²) in [5, 5.41) is 1.47. The van der Waals surface area contributed by atoms with Gasteiger partial charge in [-0.05, 0) is 19.1 Å². The average molecular weight is 347 g/mol. The predicted molar refractivity (Wildman–Crippen MR) is 89.9 cm³/mol. The van der Waals surface area contributed by atoms with Gasteiger partial charge in [0.25, 0.3) is 5.56 Å². The molecule has 1 saturated heterocycles.